The minimum Gasteiger partial charge on any atom is -0.301 e. The number of unbranched alkanes of at least 4 members (excludes halogenated alkanes) is 7. The van der Waals surface area contributed by atoms with Crippen LogP contribution in [-0.4, -0.2) is 24.0 Å². The van der Waals surface area contributed by atoms with Gasteiger partial charge in [0, 0.05) is 6.04 Å². The molecular weight excluding hydrogens is 194 g/mol. The maximum atomic E-state index is 2.57. The molecular formula is C15H33N. The van der Waals surface area contributed by atoms with E-state index in [1.807, 2.05) is 0 Å². The second-order valence-corrected chi connectivity index (χ2v) is 5.20. The van der Waals surface area contributed by atoms with Crippen LogP contribution >= 0.6 is 0 Å². The molecule has 0 spiro atoms. The van der Waals surface area contributed by atoms with Crippen LogP contribution in [0.4, 0.5) is 0 Å². The lowest BCUT2D eigenvalue weighted by molar-refractivity contribution is 0.228. The molecule has 0 unspecified atom stereocenters. The Balaban J connectivity index is 3.19. The summed E-state index contributed by atoms with van der Waals surface area (Å²) in [5, 5.41) is 0. The number of rotatable bonds is 11. The largest absolute Gasteiger partial charge is 0.301 e. The molecule has 0 atom stereocenters. The van der Waals surface area contributed by atoms with E-state index in [2.05, 4.69) is 32.6 Å². The average Bonchev–Trinajstić information content (AvgIpc) is 2.26. The Morgan fingerprint density at radius 3 is 1.69 bits per heavy atom. The van der Waals surface area contributed by atoms with Crippen LogP contribution in [0.1, 0.15) is 79.1 Å². The standard InChI is InChI=1S/C15H33N/c1-5-7-8-9-10-11-12-13-14-16(6-2)15(3)4/h15H,5-14H2,1-4H3. The van der Waals surface area contributed by atoms with Gasteiger partial charge in [0.1, 0.15) is 0 Å². The Kier molecular flexibility index (Phi) is 11.4. The number of nitrogens with zero attached hydrogens (tertiary/aromatic N) is 1. The predicted octanol–water partition coefficient (Wildman–Crippen LogP) is 4.86. The second-order valence-electron chi connectivity index (χ2n) is 5.20. The fourth-order valence-electron chi connectivity index (χ4n) is 2.23. The first kappa shape index (κ1) is 16.0. The van der Waals surface area contributed by atoms with Crippen molar-refractivity contribution in [1.29, 1.82) is 0 Å². The first-order valence-electron chi connectivity index (χ1n) is 7.46. The SMILES string of the molecule is CCCCCCCCCCN(CC)C(C)C. The molecule has 0 aromatic heterocycles. The van der Waals surface area contributed by atoms with Gasteiger partial charge in [-0.15, -0.1) is 0 Å². The van der Waals surface area contributed by atoms with Crippen LogP contribution in [0, 0.1) is 0 Å². The fraction of sp³-hybridized carbons (Fsp3) is 1.00. The number of hydrogen-bond acceptors (Lipinski definition) is 1. The van der Waals surface area contributed by atoms with Crippen LogP contribution in [0.2, 0.25) is 0 Å². The quantitative estimate of drug-likeness (QED) is 0.456. The van der Waals surface area contributed by atoms with Gasteiger partial charge in [-0.25, -0.2) is 0 Å². The van der Waals surface area contributed by atoms with Crippen molar-refractivity contribution in [3.05, 3.63) is 0 Å². The summed E-state index contributed by atoms with van der Waals surface area (Å²) in [6.45, 7) is 11.6. The number of hydrogen-bond donors (Lipinski definition) is 0. The summed E-state index contributed by atoms with van der Waals surface area (Å²) in [7, 11) is 0. The van der Waals surface area contributed by atoms with Crippen molar-refractivity contribution < 1.29 is 0 Å². The van der Waals surface area contributed by atoms with E-state index >= 15 is 0 Å². The maximum Gasteiger partial charge on any atom is 0.00384 e. The van der Waals surface area contributed by atoms with Gasteiger partial charge in [-0.2, -0.15) is 0 Å². The summed E-state index contributed by atoms with van der Waals surface area (Å²) in [5.41, 5.74) is 0. The smallest absolute Gasteiger partial charge is 0.00384 e. The van der Waals surface area contributed by atoms with Crippen molar-refractivity contribution >= 4 is 0 Å². The monoisotopic (exact) mass is 227 g/mol. The van der Waals surface area contributed by atoms with Crippen LogP contribution in [0.5, 0.6) is 0 Å². The Labute approximate surface area is 104 Å². The molecule has 1 heteroatoms. The van der Waals surface area contributed by atoms with Crippen molar-refractivity contribution in [2.75, 3.05) is 13.1 Å². The molecule has 1 nitrogen and oxygen atoms in total. The van der Waals surface area contributed by atoms with Crippen LogP contribution in [0.3, 0.4) is 0 Å². The summed E-state index contributed by atoms with van der Waals surface area (Å²) < 4.78 is 0. The third-order valence-corrected chi connectivity index (χ3v) is 3.44. The Morgan fingerprint density at radius 1 is 0.750 bits per heavy atom. The predicted molar refractivity (Wildman–Crippen MR) is 75.0 cm³/mol. The third kappa shape index (κ3) is 9.21. The van der Waals surface area contributed by atoms with Crippen molar-refractivity contribution in [1.82, 2.24) is 4.90 Å². The third-order valence-electron chi connectivity index (χ3n) is 3.44. The topological polar surface area (TPSA) is 3.24 Å². The van der Waals surface area contributed by atoms with E-state index in [1.165, 1.54) is 64.5 Å². The molecule has 0 bridgehead atoms. The van der Waals surface area contributed by atoms with E-state index in [0.717, 1.165) is 6.04 Å². The Morgan fingerprint density at radius 2 is 1.25 bits per heavy atom. The van der Waals surface area contributed by atoms with Crippen LogP contribution in [0.15, 0.2) is 0 Å². The molecule has 0 saturated heterocycles. The fourth-order valence-corrected chi connectivity index (χ4v) is 2.23. The molecule has 98 valence electrons. The van der Waals surface area contributed by atoms with E-state index in [1.54, 1.807) is 0 Å². The highest BCUT2D eigenvalue weighted by molar-refractivity contribution is 4.60. The van der Waals surface area contributed by atoms with E-state index < -0.39 is 0 Å². The first-order chi connectivity index (χ1) is 7.72. The van der Waals surface area contributed by atoms with Crippen LogP contribution < -0.4 is 0 Å². The minimum absolute atomic E-state index is 0.717. The molecule has 0 rings (SSSR count). The van der Waals surface area contributed by atoms with E-state index in [0.29, 0.717) is 0 Å². The van der Waals surface area contributed by atoms with Gasteiger partial charge in [-0.05, 0) is 33.4 Å². The van der Waals surface area contributed by atoms with Gasteiger partial charge in [0.15, 0.2) is 0 Å². The summed E-state index contributed by atoms with van der Waals surface area (Å²) in [6, 6.07) is 0.717. The lowest BCUT2D eigenvalue weighted by atomic mass is 10.1. The minimum atomic E-state index is 0.717. The molecule has 0 aliphatic heterocycles. The summed E-state index contributed by atoms with van der Waals surface area (Å²) >= 11 is 0. The highest BCUT2D eigenvalue weighted by Gasteiger charge is 2.05. The molecule has 0 N–H and O–H groups in total. The van der Waals surface area contributed by atoms with Crippen LogP contribution in [-0.2, 0) is 0 Å². The van der Waals surface area contributed by atoms with E-state index in [4.69, 9.17) is 0 Å². The summed E-state index contributed by atoms with van der Waals surface area (Å²) in [5.74, 6) is 0. The Bertz CT molecular complexity index is 131. The van der Waals surface area contributed by atoms with E-state index in [-0.39, 0.29) is 0 Å². The van der Waals surface area contributed by atoms with Crippen molar-refractivity contribution in [3.8, 4) is 0 Å². The summed E-state index contributed by atoms with van der Waals surface area (Å²) in [6.07, 6.45) is 11.4. The van der Waals surface area contributed by atoms with Gasteiger partial charge >= 0.3 is 0 Å². The van der Waals surface area contributed by atoms with Gasteiger partial charge in [0.05, 0.1) is 0 Å². The van der Waals surface area contributed by atoms with Gasteiger partial charge in [-0.3, -0.25) is 0 Å². The van der Waals surface area contributed by atoms with Gasteiger partial charge in [-0.1, -0.05) is 58.8 Å². The normalized spacial score (nSPS) is 11.6. The molecule has 0 aliphatic carbocycles. The zero-order valence-electron chi connectivity index (χ0n) is 12.1. The highest BCUT2D eigenvalue weighted by Crippen LogP contribution is 2.09. The van der Waals surface area contributed by atoms with Gasteiger partial charge in [0.25, 0.3) is 0 Å². The average molecular weight is 227 g/mol. The molecule has 0 fully saturated rings. The molecule has 16 heavy (non-hydrogen) atoms. The summed E-state index contributed by atoms with van der Waals surface area (Å²) in [4.78, 5) is 2.57. The van der Waals surface area contributed by atoms with Crippen molar-refractivity contribution in [2.45, 2.75) is 85.1 Å². The lowest BCUT2D eigenvalue weighted by Gasteiger charge is -2.24. The molecule has 0 aromatic carbocycles. The molecule has 0 amide bonds. The molecule has 0 heterocycles. The second kappa shape index (κ2) is 11.4. The Hall–Kier alpha value is -0.0400. The zero-order valence-corrected chi connectivity index (χ0v) is 12.1. The molecule has 0 aromatic rings. The zero-order chi connectivity index (χ0) is 12.2. The molecule has 0 radical (unpaired) electrons. The first-order valence-corrected chi connectivity index (χ1v) is 7.46. The van der Waals surface area contributed by atoms with Crippen molar-refractivity contribution in [2.24, 2.45) is 0 Å². The molecule has 0 aliphatic rings. The molecule has 0 saturated carbocycles. The lowest BCUT2D eigenvalue weighted by Crippen LogP contribution is -2.31. The van der Waals surface area contributed by atoms with E-state index in [9.17, 15) is 0 Å². The highest BCUT2D eigenvalue weighted by atomic mass is 15.1. The van der Waals surface area contributed by atoms with Gasteiger partial charge < -0.3 is 4.90 Å². The van der Waals surface area contributed by atoms with Crippen LogP contribution in [0.25, 0.3) is 0 Å². The van der Waals surface area contributed by atoms with Crippen molar-refractivity contribution in [3.63, 3.8) is 0 Å². The van der Waals surface area contributed by atoms with Gasteiger partial charge in [0.2, 0.25) is 0 Å². The maximum absolute atomic E-state index is 2.57.